The molecule has 0 fully saturated rings. The van der Waals surface area contributed by atoms with Crippen LogP contribution in [0.5, 0.6) is 0 Å². The number of nitrogens with zero attached hydrogens (tertiary/aromatic N) is 2. The Morgan fingerprint density at radius 2 is 1.46 bits per heavy atom. The molecule has 7 rings (SSSR count). The van der Waals surface area contributed by atoms with Gasteiger partial charge in [0.05, 0.1) is 5.58 Å². The van der Waals surface area contributed by atoms with Crippen molar-refractivity contribution in [2.75, 3.05) is 0 Å². The van der Waals surface area contributed by atoms with Crippen LogP contribution in [0.1, 0.15) is 31.9 Å². The number of fused-ring (bicyclic) bond motifs is 3. The average Bonchev–Trinajstić information content (AvgIpc) is 3.44. The molecule has 0 saturated carbocycles. The summed E-state index contributed by atoms with van der Waals surface area (Å²) >= 11 is -1.72. The molecule has 0 aliphatic carbocycles. The van der Waals surface area contributed by atoms with Crippen molar-refractivity contribution >= 4 is 39.6 Å². The SMILES string of the molecule is Cc1cnc(-c2[c-]ccc3c2oc2cc(-c4ccccc4)ccc23)cc1CC(C)(C)C.[CH3][Ge]([CH3])([CH3])[c]1ccc(-c2[c-]cccc2)nc1.[Ir]. The topological polar surface area (TPSA) is 38.9 Å². The van der Waals surface area contributed by atoms with Crippen LogP contribution in [-0.2, 0) is 26.5 Å². The van der Waals surface area contributed by atoms with Gasteiger partial charge in [0.2, 0.25) is 0 Å². The fourth-order valence-electron chi connectivity index (χ4n) is 5.76. The molecule has 0 aliphatic rings. The predicted octanol–water partition coefficient (Wildman–Crippen LogP) is 11.1. The van der Waals surface area contributed by atoms with E-state index in [4.69, 9.17) is 9.40 Å². The Morgan fingerprint density at radius 3 is 2.12 bits per heavy atom. The van der Waals surface area contributed by atoms with E-state index in [0.29, 0.717) is 0 Å². The zero-order valence-electron chi connectivity index (χ0n) is 28.8. The van der Waals surface area contributed by atoms with E-state index in [1.54, 1.807) is 0 Å². The summed E-state index contributed by atoms with van der Waals surface area (Å²) in [5, 5.41) is 2.22. The van der Waals surface area contributed by atoms with Gasteiger partial charge in [-0.1, -0.05) is 85.8 Å². The van der Waals surface area contributed by atoms with Gasteiger partial charge in [0.1, 0.15) is 5.58 Å². The molecule has 0 N–H and O–H groups in total. The molecule has 245 valence electrons. The maximum absolute atomic E-state index is 6.40. The molecule has 0 aliphatic heterocycles. The van der Waals surface area contributed by atoms with Crippen molar-refractivity contribution in [1.82, 2.24) is 9.97 Å². The largest absolute Gasteiger partial charge is 0 e. The number of pyridine rings is 2. The summed E-state index contributed by atoms with van der Waals surface area (Å²) in [5.41, 5.74) is 10.7. The number of hydrogen-bond donors (Lipinski definition) is 0. The van der Waals surface area contributed by atoms with Gasteiger partial charge >= 0.3 is 99.8 Å². The Bertz CT molecular complexity index is 2130. The van der Waals surface area contributed by atoms with Crippen LogP contribution in [0.4, 0.5) is 0 Å². The van der Waals surface area contributed by atoms with Crippen LogP contribution in [-0.4, -0.2) is 23.2 Å². The average molecular weight is 868 g/mol. The Hall–Kier alpha value is -3.83. The molecule has 0 atom stereocenters. The molecule has 5 heteroatoms. The summed E-state index contributed by atoms with van der Waals surface area (Å²) in [6, 6.07) is 42.0. The predicted molar refractivity (Wildman–Crippen MR) is 201 cm³/mol. The van der Waals surface area contributed by atoms with E-state index in [2.05, 4.69) is 129 Å². The molecule has 0 spiro atoms. The van der Waals surface area contributed by atoms with Crippen molar-refractivity contribution in [2.45, 2.75) is 51.4 Å². The van der Waals surface area contributed by atoms with Crippen molar-refractivity contribution in [3.63, 3.8) is 0 Å². The maximum Gasteiger partial charge on any atom is 0 e. The first-order valence-corrected chi connectivity index (χ1v) is 23.6. The molecule has 3 heterocycles. The molecule has 0 saturated heterocycles. The number of furan rings is 1. The third kappa shape index (κ3) is 8.23. The zero-order chi connectivity index (χ0) is 33.2. The van der Waals surface area contributed by atoms with Gasteiger partial charge in [-0.3, -0.25) is 0 Å². The van der Waals surface area contributed by atoms with Crippen molar-refractivity contribution < 1.29 is 24.5 Å². The minimum Gasteiger partial charge on any atom is 0 e. The van der Waals surface area contributed by atoms with Crippen LogP contribution in [0.3, 0.4) is 0 Å². The molecule has 3 nitrogen and oxygen atoms in total. The summed E-state index contributed by atoms with van der Waals surface area (Å²) in [5.74, 6) is 7.14. The molecule has 48 heavy (non-hydrogen) atoms. The standard InChI is InChI=1S/C29H26NO.C14H16GeN.Ir/c1-19-18-30-26(15-22(19)17-29(2,3)4)25-12-8-11-24-23-14-13-21(16-27(23)31-28(24)25)20-9-6-5-7-10-20;1-15(2,3)13-9-10-14(16-11-13)12-7-5-4-6-8-12;/h5-11,13-16,18H,17H2,1-4H3;4-7,9-11H,1-3H3;/q2*-1;. The summed E-state index contributed by atoms with van der Waals surface area (Å²) in [6.45, 7) is 8.93. The van der Waals surface area contributed by atoms with Crippen LogP contribution < -0.4 is 4.40 Å². The van der Waals surface area contributed by atoms with Crippen LogP contribution in [0.2, 0.25) is 17.3 Å². The van der Waals surface area contributed by atoms with Crippen molar-refractivity contribution in [3.8, 4) is 33.6 Å². The van der Waals surface area contributed by atoms with E-state index in [-0.39, 0.29) is 25.5 Å². The second-order valence-electron chi connectivity index (χ2n) is 14.5. The fraction of sp³-hybridized carbons (Fsp3) is 0.209. The van der Waals surface area contributed by atoms with Crippen LogP contribution in [0.25, 0.3) is 55.6 Å². The van der Waals surface area contributed by atoms with E-state index >= 15 is 0 Å². The first-order chi connectivity index (χ1) is 22.5. The van der Waals surface area contributed by atoms with Crippen LogP contribution in [0.15, 0.2) is 120 Å². The quantitative estimate of drug-likeness (QED) is 0.128. The normalized spacial score (nSPS) is 11.6. The van der Waals surface area contributed by atoms with Crippen LogP contribution in [0, 0.1) is 24.5 Å². The molecular weight excluding hydrogens is 825 g/mol. The number of rotatable bonds is 5. The molecular formula is C43H42GeIrN2O-2. The van der Waals surface area contributed by atoms with Crippen LogP contribution >= 0.6 is 0 Å². The second-order valence-corrected chi connectivity index (χ2v) is 25.1. The van der Waals surface area contributed by atoms with Crippen molar-refractivity contribution in [3.05, 3.63) is 139 Å². The van der Waals surface area contributed by atoms with Gasteiger partial charge in [-0.25, -0.2) is 0 Å². The van der Waals surface area contributed by atoms with Crippen molar-refractivity contribution in [2.24, 2.45) is 5.41 Å². The Kier molecular flexibility index (Phi) is 10.9. The van der Waals surface area contributed by atoms with E-state index in [9.17, 15) is 0 Å². The summed E-state index contributed by atoms with van der Waals surface area (Å²) in [6.07, 6.45) is 5.01. The monoisotopic (exact) mass is 869 g/mol. The number of aryl methyl sites for hydroxylation is 1. The number of aromatic nitrogens is 2. The zero-order valence-corrected chi connectivity index (χ0v) is 33.3. The minimum absolute atomic E-state index is 0. The maximum atomic E-state index is 6.40. The summed E-state index contributed by atoms with van der Waals surface area (Å²) in [4.78, 5) is 9.26. The van der Waals surface area contributed by atoms with Gasteiger partial charge in [-0.15, -0.1) is 18.2 Å². The van der Waals surface area contributed by atoms with Gasteiger partial charge in [-0.2, -0.15) is 0 Å². The molecule has 0 amide bonds. The van der Waals surface area contributed by atoms with E-state index in [0.717, 1.165) is 56.4 Å². The Labute approximate surface area is 301 Å². The van der Waals surface area contributed by atoms with Gasteiger partial charge in [-0.05, 0) is 47.2 Å². The molecule has 4 aromatic carbocycles. The van der Waals surface area contributed by atoms with Gasteiger partial charge in [0.25, 0.3) is 0 Å². The number of benzene rings is 4. The molecule has 0 unspecified atom stereocenters. The van der Waals surface area contributed by atoms with Gasteiger partial charge < -0.3 is 9.40 Å². The first-order valence-electron chi connectivity index (χ1n) is 16.3. The number of hydrogen-bond acceptors (Lipinski definition) is 3. The fourth-order valence-corrected chi connectivity index (χ4v) is 7.93. The second kappa shape index (κ2) is 14.7. The molecule has 3 aromatic heterocycles. The van der Waals surface area contributed by atoms with Crippen molar-refractivity contribution in [1.29, 1.82) is 0 Å². The molecule has 7 aromatic rings. The Morgan fingerprint density at radius 1 is 0.708 bits per heavy atom. The van der Waals surface area contributed by atoms with Gasteiger partial charge in [0.15, 0.2) is 0 Å². The summed E-state index contributed by atoms with van der Waals surface area (Å²) in [7, 11) is 0. The molecule has 1 radical (unpaired) electrons. The van der Waals surface area contributed by atoms with E-state index < -0.39 is 13.3 Å². The smallest absolute Gasteiger partial charge is 0 e. The Balaban J connectivity index is 0.000000224. The molecule has 0 bridgehead atoms. The minimum atomic E-state index is -1.72. The summed E-state index contributed by atoms with van der Waals surface area (Å²) < 4.78 is 7.84. The third-order valence-electron chi connectivity index (χ3n) is 8.35. The van der Waals surface area contributed by atoms with Gasteiger partial charge in [0, 0.05) is 31.7 Å². The van der Waals surface area contributed by atoms with E-state index in [1.165, 1.54) is 21.1 Å². The third-order valence-corrected chi connectivity index (χ3v) is 12.6. The first kappa shape index (κ1) is 35.5. The van der Waals surface area contributed by atoms with E-state index in [1.807, 2.05) is 48.8 Å².